The minimum absolute atomic E-state index is 1.01. The van der Waals surface area contributed by atoms with Gasteiger partial charge in [0.05, 0.1) is 12.0 Å². The van der Waals surface area contributed by atoms with Crippen LogP contribution in [0.2, 0.25) is 0 Å². The molecule has 0 aliphatic carbocycles. The molecule has 70 valence electrons. The van der Waals surface area contributed by atoms with Crippen molar-refractivity contribution in [2.75, 3.05) is 14.1 Å². The summed E-state index contributed by atoms with van der Waals surface area (Å²) in [7, 11) is 3.93. The van der Waals surface area contributed by atoms with Gasteiger partial charge in [0.15, 0.2) is 0 Å². The van der Waals surface area contributed by atoms with Gasteiger partial charge in [0, 0.05) is 14.1 Å². The van der Waals surface area contributed by atoms with Gasteiger partial charge < -0.3 is 4.90 Å². The summed E-state index contributed by atoms with van der Waals surface area (Å²) in [6.07, 6.45) is 1.81. The highest BCUT2D eigenvalue weighted by Gasteiger charge is 1.93. The van der Waals surface area contributed by atoms with E-state index in [1.807, 2.05) is 31.4 Å². The Morgan fingerprint density at radius 2 is 1.85 bits per heavy atom. The Kier molecular flexibility index (Phi) is 3.07. The van der Waals surface area contributed by atoms with Crippen LogP contribution in [0, 0.1) is 13.8 Å². The van der Waals surface area contributed by atoms with Crippen molar-refractivity contribution in [3.63, 3.8) is 0 Å². The standard InChI is InChI=1S/C11H16N2/c1-9-5-6-11(7-10(9)2)12-8-13(3)4/h5-8H,1-4H3. The molecule has 0 atom stereocenters. The lowest BCUT2D eigenvalue weighted by atomic mass is 10.1. The topological polar surface area (TPSA) is 15.6 Å². The Morgan fingerprint density at radius 3 is 2.38 bits per heavy atom. The molecule has 0 amide bonds. The molecule has 1 aromatic rings. The molecule has 0 fully saturated rings. The molecule has 2 nitrogen and oxygen atoms in total. The predicted molar refractivity (Wildman–Crippen MR) is 57.8 cm³/mol. The first-order valence-electron chi connectivity index (χ1n) is 4.37. The number of benzene rings is 1. The summed E-state index contributed by atoms with van der Waals surface area (Å²) in [5.74, 6) is 0. The van der Waals surface area contributed by atoms with E-state index in [0.717, 1.165) is 5.69 Å². The first-order chi connectivity index (χ1) is 6.09. The molecule has 0 saturated carbocycles. The van der Waals surface area contributed by atoms with E-state index < -0.39 is 0 Å². The molecule has 0 radical (unpaired) electrons. The second-order valence-electron chi connectivity index (χ2n) is 3.48. The van der Waals surface area contributed by atoms with Crippen molar-refractivity contribution in [3.05, 3.63) is 29.3 Å². The number of aryl methyl sites for hydroxylation is 2. The number of hydrogen-bond donors (Lipinski definition) is 0. The Hall–Kier alpha value is -1.31. The zero-order chi connectivity index (χ0) is 9.84. The normalized spacial score (nSPS) is 10.8. The maximum Gasteiger partial charge on any atom is 0.0907 e. The first kappa shape index (κ1) is 9.78. The Labute approximate surface area is 79.9 Å². The molecule has 13 heavy (non-hydrogen) atoms. The van der Waals surface area contributed by atoms with Gasteiger partial charge in [-0.1, -0.05) is 6.07 Å². The fourth-order valence-electron chi connectivity index (χ4n) is 0.988. The van der Waals surface area contributed by atoms with Crippen molar-refractivity contribution in [1.29, 1.82) is 0 Å². The highest BCUT2D eigenvalue weighted by atomic mass is 15.1. The third kappa shape index (κ3) is 2.90. The summed E-state index contributed by atoms with van der Waals surface area (Å²) >= 11 is 0. The van der Waals surface area contributed by atoms with E-state index in [2.05, 4.69) is 31.0 Å². The van der Waals surface area contributed by atoms with Crippen molar-refractivity contribution >= 4 is 12.0 Å². The van der Waals surface area contributed by atoms with Crippen LogP contribution in [0.15, 0.2) is 23.2 Å². The third-order valence-electron chi connectivity index (χ3n) is 1.93. The maximum atomic E-state index is 4.31. The number of nitrogens with zero attached hydrogens (tertiary/aromatic N) is 2. The van der Waals surface area contributed by atoms with Gasteiger partial charge in [0.1, 0.15) is 0 Å². The molecule has 0 heterocycles. The zero-order valence-electron chi connectivity index (χ0n) is 8.70. The molecule has 1 aromatic carbocycles. The first-order valence-corrected chi connectivity index (χ1v) is 4.37. The van der Waals surface area contributed by atoms with Crippen molar-refractivity contribution < 1.29 is 0 Å². The van der Waals surface area contributed by atoms with Crippen molar-refractivity contribution in [2.24, 2.45) is 4.99 Å². The van der Waals surface area contributed by atoms with Gasteiger partial charge in [0.25, 0.3) is 0 Å². The molecule has 0 saturated heterocycles. The van der Waals surface area contributed by atoms with Crippen LogP contribution in [-0.2, 0) is 0 Å². The van der Waals surface area contributed by atoms with E-state index in [1.165, 1.54) is 11.1 Å². The summed E-state index contributed by atoms with van der Waals surface area (Å²) in [5, 5.41) is 0. The zero-order valence-corrected chi connectivity index (χ0v) is 8.70. The fraction of sp³-hybridized carbons (Fsp3) is 0.364. The van der Waals surface area contributed by atoms with E-state index in [-0.39, 0.29) is 0 Å². The van der Waals surface area contributed by atoms with Gasteiger partial charge in [-0.2, -0.15) is 0 Å². The van der Waals surface area contributed by atoms with Gasteiger partial charge >= 0.3 is 0 Å². The summed E-state index contributed by atoms with van der Waals surface area (Å²) < 4.78 is 0. The summed E-state index contributed by atoms with van der Waals surface area (Å²) in [6.45, 7) is 4.21. The van der Waals surface area contributed by atoms with Gasteiger partial charge in [-0.05, 0) is 37.1 Å². The van der Waals surface area contributed by atoms with E-state index in [0.29, 0.717) is 0 Å². The molecule has 0 aliphatic rings. The lowest BCUT2D eigenvalue weighted by Crippen LogP contribution is -2.06. The fourth-order valence-corrected chi connectivity index (χ4v) is 0.988. The molecule has 0 bridgehead atoms. The second-order valence-corrected chi connectivity index (χ2v) is 3.48. The number of aliphatic imine (C=N–C) groups is 1. The van der Waals surface area contributed by atoms with Crippen LogP contribution in [0.1, 0.15) is 11.1 Å². The molecular weight excluding hydrogens is 160 g/mol. The molecule has 0 unspecified atom stereocenters. The van der Waals surface area contributed by atoms with Crippen LogP contribution in [0.3, 0.4) is 0 Å². The Morgan fingerprint density at radius 1 is 1.15 bits per heavy atom. The average molecular weight is 176 g/mol. The van der Waals surface area contributed by atoms with Gasteiger partial charge in [-0.25, -0.2) is 4.99 Å². The van der Waals surface area contributed by atoms with Crippen molar-refractivity contribution in [3.8, 4) is 0 Å². The summed E-state index contributed by atoms with van der Waals surface area (Å²) in [5.41, 5.74) is 3.61. The quantitative estimate of drug-likeness (QED) is 0.499. The lowest BCUT2D eigenvalue weighted by Gasteiger charge is -2.03. The van der Waals surface area contributed by atoms with Crippen molar-refractivity contribution in [1.82, 2.24) is 4.90 Å². The van der Waals surface area contributed by atoms with E-state index in [1.54, 1.807) is 0 Å². The Balaban J connectivity index is 2.85. The molecule has 0 aliphatic heterocycles. The van der Waals surface area contributed by atoms with Crippen LogP contribution >= 0.6 is 0 Å². The highest BCUT2D eigenvalue weighted by Crippen LogP contribution is 2.16. The molecule has 1 rings (SSSR count). The van der Waals surface area contributed by atoms with Crippen LogP contribution in [0.4, 0.5) is 5.69 Å². The van der Waals surface area contributed by atoms with Crippen LogP contribution in [0.5, 0.6) is 0 Å². The van der Waals surface area contributed by atoms with Gasteiger partial charge in [-0.3, -0.25) is 0 Å². The van der Waals surface area contributed by atoms with Crippen LogP contribution in [0.25, 0.3) is 0 Å². The van der Waals surface area contributed by atoms with E-state index in [9.17, 15) is 0 Å². The molecule has 0 aromatic heterocycles. The smallest absolute Gasteiger partial charge is 0.0907 e. The van der Waals surface area contributed by atoms with Crippen molar-refractivity contribution in [2.45, 2.75) is 13.8 Å². The molecule has 0 spiro atoms. The van der Waals surface area contributed by atoms with Crippen LogP contribution < -0.4 is 0 Å². The Bertz CT molecular complexity index is 314. The lowest BCUT2D eigenvalue weighted by molar-refractivity contribution is 0.643. The third-order valence-corrected chi connectivity index (χ3v) is 1.93. The number of rotatable bonds is 2. The number of hydrogen-bond acceptors (Lipinski definition) is 1. The summed E-state index contributed by atoms with van der Waals surface area (Å²) in [4.78, 5) is 6.23. The molecule has 0 N–H and O–H groups in total. The van der Waals surface area contributed by atoms with Gasteiger partial charge in [-0.15, -0.1) is 0 Å². The maximum absolute atomic E-state index is 4.31. The van der Waals surface area contributed by atoms with Crippen LogP contribution in [-0.4, -0.2) is 25.3 Å². The molecular formula is C11H16N2. The van der Waals surface area contributed by atoms with E-state index >= 15 is 0 Å². The highest BCUT2D eigenvalue weighted by molar-refractivity contribution is 5.61. The van der Waals surface area contributed by atoms with Gasteiger partial charge in [0.2, 0.25) is 0 Å². The SMILES string of the molecule is Cc1ccc(N=CN(C)C)cc1C. The monoisotopic (exact) mass is 176 g/mol. The minimum Gasteiger partial charge on any atom is -0.369 e. The summed E-state index contributed by atoms with van der Waals surface area (Å²) in [6, 6.07) is 6.22. The largest absolute Gasteiger partial charge is 0.369 e. The van der Waals surface area contributed by atoms with E-state index in [4.69, 9.17) is 0 Å². The second kappa shape index (κ2) is 4.08. The average Bonchev–Trinajstić information content (AvgIpc) is 2.07. The molecule has 2 heteroatoms. The minimum atomic E-state index is 1.01. The predicted octanol–water partition coefficient (Wildman–Crippen LogP) is 2.52.